The topological polar surface area (TPSA) is 39.3 Å². The standard InChI is InChI=1S/C12H26N2.2C12H19N.C10H18.C10H16/c1-12(2,3)7-8-13-11-5-9-14(4)10-6-11;2*1-12(2,3)9-10-13-11-7-5-4-6-8-11;2*1-10(2,3)8-4-5-9-6-7-9/h11,13H,5-10H2,1-4H3;2*4-8,13H,9-10H2,1-3H3;4-5,9H,6-8H2,1-3H3;9H,6-8H2,1-3H3/b;;;5-4+;. The minimum absolute atomic E-state index is 0.391. The molecule has 0 radical (unpaired) electrons. The molecule has 2 saturated carbocycles. The van der Waals surface area contributed by atoms with Gasteiger partial charge in [-0.15, -0.1) is 5.92 Å². The zero-order valence-electron chi connectivity index (χ0n) is 42.4. The van der Waals surface area contributed by atoms with Gasteiger partial charge in [0.05, 0.1) is 0 Å². The van der Waals surface area contributed by atoms with E-state index in [4.69, 9.17) is 0 Å². The van der Waals surface area contributed by atoms with Crippen LogP contribution in [0, 0.1) is 50.8 Å². The van der Waals surface area contributed by atoms with Crippen LogP contribution in [-0.4, -0.2) is 50.7 Å². The van der Waals surface area contributed by atoms with Gasteiger partial charge in [-0.05, 0) is 148 Å². The lowest BCUT2D eigenvalue weighted by atomic mass is 9.92. The third kappa shape index (κ3) is 39.4. The summed E-state index contributed by atoms with van der Waals surface area (Å²) in [5.41, 5.74) is 4.61. The van der Waals surface area contributed by atoms with Crippen LogP contribution in [0.4, 0.5) is 11.4 Å². The van der Waals surface area contributed by atoms with Crippen LogP contribution in [0.25, 0.3) is 0 Å². The fourth-order valence-electron chi connectivity index (χ4n) is 5.73. The largest absolute Gasteiger partial charge is 0.385 e. The van der Waals surface area contributed by atoms with Gasteiger partial charge < -0.3 is 20.9 Å². The van der Waals surface area contributed by atoms with Crippen molar-refractivity contribution in [2.24, 2.45) is 38.9 Å². The molecule has 3 fully saturated rings. The molecule has 0 unspecified atom stereocenters. The summed E-state index contributed by atoms with van der Waals surface area (Å²) in [5, 5.41) is 10.5. The first-order valence-corrected chi connectivity index (χ1v) is 23.9. The second-order valence-corrected chi connectivity index (χ2v) is 23.9. The Hall–Kier alpha value is -2.74. The summed E-state index contributed by atoms with van der Waals surface area (Å²) in [6.45, 7) is 39.8. The highest BCUT2D eigenvalue weighted by atomic mass is 15.1. The van der Waals surface area contributed by atoms with Gasteiger partial charge in [0.2, 0.25) is 0 Å². The molecule has 342 valence electrons. The number of likely N-dealkylation sites (tertiary alicyclic amines) is 1. The molecule has 0 spiro atoms. The van der Waals surface area contributed by atoms with E-state index in [1.54, 1.807) is 0 Å². The predicted octanol–water partition coefficient (Wildman–Crippen LogP) is 15.4. The molecule has 2 aromatic carbocycles. The highest BCUT2D eigenvalue weighted by Crippen LogP contribution is 2.31. The molecule has 0 aromatic heterocycles. The number of nitrogens with zero attached hydrogens (tertiary/aromatic N) is 1. The Morgan fingerprint density at radius 3 is 1.35 bits per heavy atom. The SMILES string of the molecule is CC(C)(C)C/C=C/C1CC1.CC(C)(C)CC#CC1CC1.CC(C)(C)CCNc1ccccc1.CC(C)(C)CCNc1ccccc1.CN1CCC(NCCC(C)(C)C)CC1. The van der Waals surface area contributed by atoms with E-state index in [2.05, 4.69) is 204 Å². The number of rotatable bonds is 11. The van der Waals surface area contributed by atoms with Gasteiger partial charge in [-0.1, -0.05) is 158 Å². The first-order valence-electron chi connectivity index (χ1n) is 23.9. The maximum Gasteiger partial charge on any atom is 0.0340 e. The molecule has 4 nitrogen and oxygen atoms in total. The monoisotopic (exact) mass is 827 g/mol. The number of hydrogen-bond acceptors (Lipinski definition) is 4. The average molecular weight is 827 g/mol. The molecule has 4 heteroatoms. The fourth-order valence-corrected chi connectivity index (χ4v) is 5.73. The Labute approximate surface area is 374 Å². The maximum atomic E-state index is 3.67. The summed E-state index contributed by atoms with van der Waals surface area (Å²) in [4.78, 5) is 2.42. The van der Waals surface area contributed by atoms with E-state index < -0.39 is 0 Å². The number of anilines is 2. The van der Waals surface area contributed by atoms with Crippen molar-refractivity contribution in [3.63, 3.8) is 0 Å². The summed E-state index contributed by atoms with van der Waals surface area (Å²) >= 11 is 0. The fraction of sp³-hybridized carbons (Fsp3) is 0.714. The van der Waals surface area contributed by atoms with Gasteiger partial charge in [0.25, 0.3) is 0 Å². The molecule has 5 rings (SSSR count). The summed E-state index contributed by atoms with van der Waals surface area (Å²) in [5.74, 6) is 8.21. The van der Waals surface area contributed by atoms with Crippen molar-refractivity contribution in [3.8, 4) is 11.8 Å². The zero-order chi connectivity index (χ0) is 45.3. The van der Waals surface area contributed by atoms with E-state index in [1.165, 1.54) is 95.2 Å². The first-order chi connectivity index (χ1) is 27.8. The molecule has 0 atom stereocenters. The number of benzene rings is 2. The zero-order valence-corrected chi connectivity index (χ0v) is 42.4. The lowest BCUT2D eigenvalue weighted by Gasteiger charge is -2.30. The molecule has 0 bridgehead atoms. The van der Waals surface area contributed by atoms with E-state index >= 15 is 0 Å². The van der Waals surface area contributed by atoms with E-state index in [9.17, 15) is 0 Å². The number of nitrogens with one attached hydrogen (secondary N) is 3. The van der Waals surface area contributed by atoms with Crippen molar-refractivity contribution in [1.82, 2.24) is 10.2 Å². The summed E-state index contributed by atoms with van der Waals surface area (Å²) in [6.07, 6.45) is 18.9. The molecule has 1 heterocycles. The quantitative estimate of drug-likeness (QED) is 0.156. The Bertz CT molecular complexity index is 1360. The molecule has 1 aliphatic heterocycles. The Morgan fingerprint density at radius 2 is 0.983 bits per heavy atom. The van der Waals surface area contributed by atoms with Gasteiger partial charge >= 0.3 is 0 Å². The Kier molecular flexibility index (Phi) is 25.8. The van der Waals surface area contributed by atoms with Gasteiger partial charge in [0, 0.05) is 42.8 Å². The molecule has 0 amide bonds. The van der Waals surface area contributed by atoms with Gasteiger partial charge in [0.15, 0.2) is 0 Å². The van der Waals surface area contributed by atoms with Crippen molar-refractivity contribution in [2.45, 2.75) is 181 Å². The highest BCUT2D eigenvalue weighted by Gasteiger charge is 2.19. The predicted molar refractivity (Wildman–Crippen MR) is 271 cm³/mol. The van der Waals surface area contributed by atoms with Gasteiger partial charge in [0.1, 0.15) is 0 Å². The number of hydrogen-bond donors (Lipinski definition) is 3. The molecule has 60 heavy (non-hydrogen) atoms. The molecule has 2 aliphatic carbocycles. The lowest BCUT2D eigenvalue weighted by Crippen LogP contribution is -2.41. The minimum Gasteiger partial charge on any atom is -0.385 e. The number of piperidine rings is 1. The molecule has 3 aliphatic rings. The van der Waals surface area contributed by atoms with Crippen molar-refractivity contribution in [1.29, 1.82) is 0 Å². The Morgan fingerprint density at radius 1 is 0.550 bits per heavy atom. The normalized spacial score (nSPS) is 16.3. The van der Waals surface area contributed by atoms with Crippen LogP contribution >= 0.6 is 0 Å². The summed E-state index contributed by atoms with van der Waals surface area (Å²) in [7, 11) is 2.21. The lowest BCUT2D eigenvalue weighted by molar-refractivity contribution is 0.229. The summed E-state index contributed by atoms with van der Waals surface area (Å²) in [6, 6.07) is 21.5. The van der Waals surface area contributed by atoms with Crippen molar-refractivity contribution >= 4 is 11.4 Å². The van der Waals surface area contributed by atoms with Crippen LogP contribution in [0.5, 0.6) is 0 Å². The number of allylic oxidation sites excluding steroid dienone is 2. The highest BCUT2D eigenvalue weighted by molar-refractivity contribution is 5.42. The van der Waals surface area contributed by atoms with Crippen LogP contribution < -0.4 is 16.0 Å². The van der Waals surface area contributed by atoms with Crippen molar-refractivity contribution < 1.29 is 0 Å². The van der Waals surface area contributed by atoms with Gasteiger partial charge in [-0.25, -0.2) is 0 Å². The van der Waals surface area contributed by atoms with Gasteiger partial charge in [-0.3, -0.25) is 0 Å². The second-order valence-electron chi connectivity index (χ2n) is 23.9. The second kappa shape index (κ2) is 28.1. The van der Waals surface area contributed by atoms with E-state index in [1.807, 2.05) is 12.1 Å². The Balaban J connectivity index is 0.000000377. The molecular weight excluding hydrogens is 729 g/mol. The minimum atomic E-state index is 0.391. The van der Waals surface area contributed by atoms with Crippen LogP contribution in [0.2, 0.25) is 0 Å². The van der Waals surface area contributed by atoms with E-state index in [0.717, 1.165) is 37.4 Å². The summed E-state index contributed by atoms with van der Waals surface area (Å²) < 4.78 is 0. The van der Waals surface area contributed by atoms with Crippen molar-refractivity contribution in [3.05, 3.63) is 72.8 Å². The molecular formula is C56H98N4. The third-order valence-electron chi connectivity index (χ3n) is 10.2. The van der Waals surface area contributed by atoms with Crippen LogP contribution in [-0.2, 0) is 0 Å². The van der Waals surface area contributed by atoms with Gasteiger partial charge in [-0.2, -0.15) is 0 Å². The maximum absolute atomic E-state index is 3.67. The van der Waals surface area contributed by atoms with Crippen molar-refractivity contribution in [2.75, 3.05) is 50.4 Å². The van der Waals surface area contributed by atoms with Crippen LogP contribution in [0.3, 0.4) is 0 Å². The third-order valence-corrected chi connectivity index (χ3v) is 10.2. The molecule has 1 saturated heterocycles. The number of para-hydroxylation sites is 2. The van der Waals surface area contributed by atoms with Crippen LogP contribution in [0.1, 0.15) is 174 Å². The first kappa shape index (κ1) is 55.3. The smallest absolute Gasteiger partial charge is 0.0340 e. The van der Waals surface area contributed by atoms with E-state index in [0.29, 0.717) is 27.1 Å². The average Bonchev–Trinajstić information content (AvgIpc) is 4.06. The van der Waals surface area contributed by atoms with E-state index in [-0.39, 0.29) is 0 Å². The van der Waals surface area contributed by atoms with Crippen LogP contribution in [0.15, 0.2) is 72.8 Å². The molecule has 2 aromatic rings. The molecule has 3 N–H and O–H groups in total.